The predicted molar refractivity (Wildman–Crippen MR) is 74.1 cm³/mol. The molecule has 0 fully saturated rings. The van der Waals surface area contributed by atoms with Crippen LogP contribution in [0.3, 0.4) is 0 Å². The van der Waals surface area contributed by atoms with E-state index < -0.39 is 20.8 Å². The van der Waals surface area contributed by atoms with Crippen LogP contribution in [0.2, 0.25) is 0 Å². The Hall–Kier alpha value is -2.88. The van der Waals surface area contributed by atoms with Gasteiger partial charge in [0.1, 0.15) is 4.92 Å². The zero-order chi connectivity index (χ0) is 15.5. The topological polar surface area (TPSA) is 141 Å². The van der Waals surface area contributed by atoms with Crippen LogP contribution < -0.4 is 10.6 Å². The smallest absolute Gasteiger partial charge is 0.400 e. The molecule has 1 aromatic heterocycles. The lowest BCUT2D eigenvalue weighted by Crippen LogP contribution is -2.18. The quantitative estimate of drug-likeness (QED) is 0.366. The number of rotatable bonds is 5. The number of furan rings is 1. The molecule has 0 aliphatic carbocycles. The summed E-state index contributed by atoms with van der Waals surface area (Å²) in [6, 6.07) is 7.95. The standard InChI is InChI=1S/C11H10N4O5S/c12-8-1-4-10(5-2-8)21(18,19)14-13-7-9-3-6-11(20-9)15(16)17/h1-7,14H,12H2/b13-7+. The molecule has 2 aromatic rings. The van der Waals surface area contributed by atoms with Crippen LogP contribution in [0.15, 0.2) is 50.8 Å². The van der Waals surface area contributed by atoms with E-state index in [0.29, 0.717) is 5.69 Å². The first-order valence-corrected chi connectivity index (χ1v) is 7.01. The number of hydrogen-bond donors (Lipinski definition) is 2. The maximum absolute atomic E-state index is 11.8. The van der Waals surface area contributed by atoms with Gasteiger partial charge in [-0.1, -0.05) is 0 Å². The highest BCUT2D eigenvalue weighted by Crippen LogP contribution is 2.14. The molecular formula is C11H10N4O5S. The number of anilines is 1. The van der Waals surface area contributed by atoms with Crippen LogP contribution in [0.5, 0.6) is 0 Å². The molecule has 0 atom stereocenters. The van der Waals surface area contributed by atoms with Gasteiger partial charge >= 0.3 is 5.88 Å². The third kappa shape index (κ3) is 3.57. The van der Waals surface area contributed by atoms with E-state index in [9.17, 15) is 18.5 Å². The van der Waals surface area contributed by atoms with E-state index in [2.05, 4.69) is 5.10 Å². The molecule has 0 aliphatic rings. The molecule has 0 saturated heterocycles. The molecule has 3 N–H and O–H groups in total. The number of hydrazone groups is 1. The van der Waals surface area contributed by atoms with Crippen LogP contribution in [-0.4, -0.2) is 19.6 Å². The Balaban J connectivity index is 2.08. The number of benzene rings is 1. The van der Waals surface area contributed by atoms with Gasteiger partial charge in [0.05, 0.1) is 17.2 Å². The minimum atomic E-state index is -3.84. The van der Waals surface area contributed by atoms with Gasteiger partial charge in [0.15, 0.2) is 5.76 Å². The highest BCUT2D eigenvalue weighted by atomic mass is 32.2. The van der Waals surface area contributed by atoms with Crippen molar-refractivity contribution in [2.75, 3.05) is 5.73 Å². The first-order chi connectivity index (χ1) is 9.88. The number of hydrogen-bond acceptors (Lipinski definition) is 7. The molecule has 0 unspecified atom stereocenters. The molecule has 1 aromatic carbocycles. The fraction of sp³-hybridized carbons (Fsp3) is 0. The number of sulfonamides is 1. The van der Waals surface area contributed by atoms with Crippen molar-refractivity contribution in [3.8, 4) is 0 Å². The average molecular weight is 310 g/mol. The first kappa shape index (κ1) is 14.5. The zero-order valence-corrected chi connectivity index (χ0v) is 11.3. The van der Waals surface area contributed by atoms with Gasteiger partial charge in [-0.05, 0) is 30.3 Å². The van der Waals surface area contributed by atoms with Crippen molar-refractivity contribution in [2.24, 2.45) is 5.10 Å². The Labute approximate surface area is 119 Å². The van der Waals surface area contributed by atoms with Crippen molar-refractivity contribution in [3.05, 3.63) is 52.3 Å². The lowest BCUT2D eigenvalue weighted by Gasteiger charge is -2.02. The van der Waals surface area contributed by atoms with Crippen molar-refractivity contribution in [1.82, 2.24) is 4.83 Å². The molecule has 110 valence electrons. The van der Waals surface area contributed by atoms with Gasteiger partial charge in [-0.15, -0.1) is 0 Å². The Bertz CT molecular complexity index is 779. The zero-order valence-electron chi connectivity index (χ0n) is 10.5. The molecule has 9 nitrogen and oxygen atoms in total. The summed E-state index contributed by atoms with van der Waals surface area (Å²) in [6.45, 7) is 0. The Kier molecular flexibility index (Phi) is 3.89. The summed E-state index contributed by atoms with van der Waals surface area (Å²) >= 11 is 0. The SMILES string of the molecule is Nc1ccc(S(=O)(=O)N/N=C/c2ccc([N+](=O)[O-])o2)cc1. The minimum absolute atomic E-state index is 0.0146. The van der Waals surface area contributed by atoms with Gasteiger partial charge in [-0.2, -0.15) is 18.4 Å². The number of nitro groups is 1. The summed E-state index contributed by atoms with van der Waals surface area (Å²) < 4.78 is 28.5. The van der Waals surface area contributed by atoms with Crippen molar-refractivity contribution in [2.45, 2.75) is 4.90 Å². The second-order valence-corrected chi connectivity index (χ2v) is 5.52. The molecule has 0 aliphatic heterocycles. The second kappa shape index (κ2) is 5.63. The fourth-order valence-electron chi connectivity index (χ4n) is 1.37. The lowest BCUT2D eigenvalue weighted by atomic mass is 10.3. The molecule has 21 heavy (non-hydrogen) atoms. The Morgan fingerprint density at radius 3 is 2.48 bits per heavy atom. The molecule has 2 rings (SSSR count). The van der Waals surface area contributed by atoms with Crippen LogP contribution in [0.25, 0.3) is 0 Å². The van der Waals surface area contributed by atoms with E-state index in [0.717, 1.165) is 12.3 Å². The monoisotopic (exact) mass is 310 g/mol. The van der Waals surface area contributed by atoms with Gasteiger partial charge in [-0.25, -0.2) is 0 Å². The summed E-state index contributed by atoms with van der Waals surface area (Å²) in [5, 5.41) is 13.9. The number of nitrogens with zero attached hydrogens (tertiary/aromatic N) is 2. The van der Waals surface area contributed by atoms with Crippen LogP contribution in [0, 0.1) is 10.1 Å². The largest absolute Gasteiger partial charge is 0.433 e. The van der Waals surface area contributed by atoms with Gasteiger partial charge in [0.25, 0.3) is 10.0 Å². The van der Waals surface area contributed by atoms with Gasteiger partial charge in [0, 0.05) is 5.69 Å². The second-order valence-electron chi connectivity index (χ2n) is 3.86. The highest BCUT2D eigenvalue weighted by Gasteiger charge is 2.13. The average Bonchev–Trinajstić information content (AvgIpc) is 2.88. The van der Waals surface area contributed by atoms with Crippen molar-refractivity contribution >= 4 is 27.8 Å². The molecule has 0 radical (unpaired) electrons. The van der Waals surface area contributed by atoms with E-state index in [1.807, 2.05) is 4.83 Å². The van der Waals surface area contributed by atoms with Crippen LogP contribution in [0.1, 0.15) is 5.76 Å². The Morgan fingerprint density at radius 2 is 1.90 bits per heavy atom. The van der Waals surface area contributed by atoms with Gasteiger partial charge in [-0.3, -0.25) is 10.1 Å². The fourth-order valence-corrected chi connectivity index (χ4v) is 2.16. The first-order valence-electron chi connectivity index (χ1n) is 5.53. The lowest BCUT2D eigenvalue weighted by molar-refractivity contribution is -0.402. The van der Waals surface area contributed by atoms with Crippen LogP contribution in [-0.2, 0) is 10.0 Å². The molecular weight excluding hydrogens is 300 g/mol. The highest BCUT2D eigenvalue weighted by molar-refractivity contribution is 7.89. The van der Waals surface area contributed by atoms with E-state index in [1.54, 1.807) is 0 Å². The molecule has 0 saturated carbocycles. The van der Waals surface area contributed by atoms with Crippen molar-refractivity contribution < 1.29 is 17.8 Å². The Morgan fingerprint density at radius 1 is 1.24 bits per heavy atom. The van der Waals surface area contributed by atoms with E-state index >= 15 is 0 Å². The van der Waals surface area contributed by atoms with E-state index in [1.165, 1.54) is 30.3 Å². The molecule has 0 spiro atoms. The number of nitrogens with one attached hydrogen (secondary N) is 1. The normalized spacial score (nSPS) is 11.6. The summed E-state index contributed by atoms with van der Waals surface area (Å²) in [4.78, 5) is 11.6. The van der Waals surface area contributed by atoms with Crippen molar-refractivity contribution in [3.63, 3.8) is 0 Å². The number of nitrogens with two attached hydrogens (primary N) is 1. The van der Waals surface area contributed by atoms with Crippen LogP contribution >= 0.6 is 0 Å². The maximum atomic E-state index is 11.8. The molecule has 0 bridgehead atoms. The number of nitrogen functional groups attached to an aromatic ring is 1. The van der Waals surface area contributed by atoms with Crippen LogP contribution in [0.4, 0.5) is 11.6 Å². The van der Waals surface area contributed by atoms with Gasteiger partial charge in [0.2, 0.25) is 0 Å². The van der Waals surface area contributed by atoms with E-state index in [4.69, 9.17) is 10.2 Å². The predicted octanol–water partition coefficient (Wildman–Crippen LogP) is 1.08. The molecule has 1 heterocycles. The third-order valence-electron chi connectivity index (χ3n) is 2.35. The summed E-state index contributed by atoms with van der Waals surface area (Å²) in [5.41, 5.74) is 5.89. The summed E-state index contributed by atoms with van der Waals surface area (Å²) in [7, 11) is -3.84. The van der Waals surface area contributed by atoms with Crippen molar-refractivity contribution in [1.29, 1.82) is 0 Å². The minimum Gasteiger partial charge on any atom is -0.400 e. The molecule has 10 heteroatoms. The van der Waals surface area contributed by atoms with Gasteiger partial charge < -0.3 is 10.2 Å². The summed E-state index contributed by atoms with van der Waals surface area (Å²) in [5.74, 6) is -0.417. The summed E-state index contributed by atoms with van der Waals surface area (Å²) in [6.07, 6.45) is 1.02. The maximum Gasteiger partial charge on any atom is 0.433 e. The van der Waals surface area contributed by atoms with E-state index in [-0.39, 0.29) is 10.7 Å². The third-order valence-corrected chi connectivity index (χ3v) is 3.59. The molecule has 0 amide bonds.